The number of amides is 1. The molecule has 0 saturated carbocycles. The second-order valence-corrected chi connectivity index (χ2v) is 7.53. The van der Waals surface area contributed by atoms with E-state index < -0.39 is 11.4 Å². The summed E-state index contributed by atoms with van der Waals surface area (Å²) in [6.07, 6.45) is 0.256. The van der Waals surface area contributed by atoms with Crippen molar-refractivity contribution in [3.8, 4) is 0 Å². The molecule has 4 rings (SSSR count). The smallest absolute Gasteiger partial charge is 0.321 e. The van der Waals surface area contributed by atoms with Gasteiger partial charge in [0.25, 0.3) is 0 Å². The van der Waals surface area contributed by atoms with Crippen molar-refractivity contribution in [3.63, 3.8) is 0 Å². The molecule has 0 spiro atoms. The molecule has 4 nitrogen and oxygen atoms in total. The standard InChI is InChI=1S/C26H23NO3/c1-26(25(29)30-2)18-22(27(24(26)28)21-16-10-5-11-17-21)23(19-12-6-3-7-13-19)20-14-8-4-9-15-20/h3-17H,18H2,1-2H3. The summed E-state index contributed by atoms with van der Waals surface area (Å²) in [5, 5.41) is 0. The van der Waals surface area contributed by atoms with Crippen molar-refractivity contribution in [3.05, 3.63) is 108 Å². The summed E-state index contributed by atoms with van der Waals surface area (Å²) in [6, 6.07) is 29.4. The number of carbonyl (C=O) groups is 2. The first-order valence-electron chi connectivity index (χ1n) is 9.88. The maximum Gasteiger partial charge on any atom is 0.321 e. The Balaban J connectivity index is 2.02. The Bertz CT molecular complexity index is 1050. The van der Waals surface area contributed by atoms with Crippen molar-refractivity contribution < 1.29 is 14.3 Å². The number of anilines is 1. The molecule has 0 aliphatic carbocycles. The van der Waals surface area contributed by atoms with E-state index in [1.54, 1.807) is 11.8 Å². The number of esters is 1. The average molecular weight is 397 g/mol. The molecule has 1 heterocycles. The number of hydrogen-bond donors (Lipinski definition) is 0. The molecular weight excluding hydrogens is 374 g/mol. The van der Waals surface area contributed by atoms with E-state index in [4.69, 9.17) is 4.74 Å². The van der Waals surface area contributed by atoms with Crippen LogP contribution in [0.5, 0.6) is 0 Å². The first-order chi connectivity index (χ1) is 14.6. The maximum absolute atomic E-state index is 13.6. The topological polar surface area (TPSA) is 46.6 Å². The van der Waals surface area contributed by atoms with Gasteiger partial charge in [0.2, 0.25) is 5.91 Å². The van der Waals surface area contributed by atoms with Crippen LogP contribution in [0, 0.1) is 5.41 Å². The average Bonchev–Trinajstić information content (AvgIpc) is 3.06. The van der Waals surface area contributed by atoms with Gasteiger partial charge in [0.05, 0.1) is 7.11 Å². The predicted molar refractivity (Wildman–Crippen MR) is 118 cm³/mol. The molecule has 1 fully saturated rings. The lowest BCUT2D eigenvalue weighted by Crippen LogP contribution is -2.38. The van der Waals surface area contributed by atoms with Gasteiger partial charge in [-0.1, -0.05) is 78.9 Å². The molecule has 3 aromatic carbocycles. The third-order valence-corrected chi connectivity index (χ3v) is 5.53. The minimum atomic E-state index is -1.28. The monoisotopic (exact) mass is 397 g/mol. The third-order valence-electron chi connectivity index (χ3n) is 5.53. The van der Waals surface area contributed by atoms with Crippen LogP contribution in [0.15, 0.2) is 96.7 Å². The number of ether oxygens (including phenoxy) is 1. The number of nitrogens with zero attached hydrogens (tertiary/aromatic N) is 1. The zero-order valence-electron chi connectivity index (χ0n) is 17.0. The van der Waals surface area contributed by atoms with E-state index in [2.05, 4.69) is 0 Å². The van der Waals surface area contributed by atoms with Gasteiger partial charge in [0, 0.05) is 23.4 Å². The molecule has 150 valence electrons. The van der Waals surface area contributed by atoms with Gasteiger partial charge in [-0.05, 0) is 30.2 Å². The summed E-state index contributed by atoms with van der Waals surface area (Å²) in [5.41, 5.74) is 3.14. The van der Waals surface area contributed by atoms with E-state index in [1.165, 1.54) is 7.11 Å². The lowest BCUT2D eigenvalue weighted by molar-refractivity contribution is -0.155. The number of benzene rings is 3. The minimum Gasteiger partial charge on any atom is -0.468 e. The molecule has 1 saturated heterocycles. The predicted octanol–water partition coefficient (Wildman–Crippen LogP) is 5.06. The van der Waals surface area contributed by atoms with Crippen molar-refractivity contribution in [1.29, 1.82) is 0 Å². The quantitative estimate of drug-likeness (QED) is 0.457. The molecule has 0 N–H and O–H groups in total. The second kappa shape index (κ2) is 7.99. The molecule has 0 aromatic heterocycles. The fourth-order valence-corrected chi connectivity index (χ4v) is 4.00. The Morgan fingerprint density at radius 2 is 1.30 bits per heavy atom. The molecule has 30 heavy (non-hydrogen) atoms. The summed E-state index contributed by atoms with van der Waals surface area (Å²) in [4.78, 5) is 27.9. The Kier molecular flexibility index (Phi) is 5.23. The van der Waals surface area contributed by atoms with Crippen LogP contribution in [0.1, 0.15) is 24.5 Å². The number of carbonyl (C=O) groups excluding carboxylic acids is 2. The van der Waals surface area contributed by atoms with Crippen LogP contribution in [0.4, 0.5) is 5.69 Å². The largest absolute Gasteiger partial charge is 0.468 e. The number of para-hydroxylation sites is 1. The van der Waals surface area contributed by atoms with Gasteiger partial charge in [-0.2, -0.15) is 0 Å². The van der Waals surface area contributed by atoms with Gasteiger partial charge in [-0.3, -0.25) is 14.5 Å². The molecule has 4 heteroatoms. The Morgan fingerprint density at radius 1 is 0.833 bits per heavy atom. The zero-order valence-corrected chi connectivity index (χ0v) is 17.0. The molecule has 1 aliphatic rings. The van der Waals surface area contributed by atoms with Gasteiger partial charge >= 0.3 is 5.97 Å². The first kappa shape index (κ1) is 19.6. The summed E-state index contributed by atoms with van der Waals surface area (Å²) < 4.78 is 5.02. The van der Waals surface area contributed by atoms with Crippen LogP contribution in [-0.4, -0.2) is 19.0 Å². The highest BCUT2D eigenvalue weighted by Crippen LogP contribution is 2.46. The van der Waals surface area contributed by atoms with Gasteiger partial charge < -0.3 is 4.74 Å². The molecule has 0 radical (unpaired) electrons. The van der Waals surface area contributed by atoms with Gasteiger partial charge in [0.15, 0.2) is 0 Å². The SMILES string of the molecule is COC(=O)C1(C)CC(=C(c2ccccc2)c2ccccc2)N(c2ccccc2)C1=O. The fourth-order valence-electron chi connectivity index (χ4n) is 4.00. The van der Waals surface area contributed by atoms with Crippen LogP contribution in [-0.2, 0) is 14.3 Å². The zero-order chi connectivity index (χ0) is 21.1. The van der Waals surface area contributed by atoms with Crippen molar-refractivity contribution in [2.45, 2.75) is 13.3 Å². The lowest BCUT2D eigenvalue weighted by Gasteiger charge is -2.23. The molecule has 3 aromatic rings. The van der Waals surface area contributed by atoms with Crippen LogP contribution in [0.25, 0.3) is 5.57 Å². The van der Waals surface area contributed by atoms with E-state index in [1.807, 2.05) is 91.0 Å². The van der Waals surface area contributed by atoms with E-state index in [0.717, 1.165) is 28.1 Å². The highest BCUT2D eigenvalue weighted by molar-refractivity contribution is 6.16. The Morgan fingerprint density at radius 3 is 1.77 bits per heavy atom. The van der Waals surface area contributed by atoms with Crippen molar-refractivity contribution >= 4 is 23.1 Å². The van der Waals surface area contributed by atoms with Crippen molar-refractivity contribution in [1.82, 2.24) is 0 Å². The van der Waals surface area contributed by atoms with E-state index >= 15 is 0 Å². The van der Waals surface area contributed by atoms with E-state index in [-0.39, 0.29) is 12.3 Å². The fraction of sp³-hybridized carbons (Fsp3) is 0.154. The third kappa shape index (κ3) is 3.30. The lowest BCUT2D eigenvalue weighted by atomic mass is 9.86. The number of hydrogen-bond acceptors (Lipinski definition) is 3. The van der Waals surface area contributed by atoms with Crippen LogP contribution in [0.2, 0.25) is 0 Å². The molecule has 1 aliphatic heterocycles. The van der Waals surface area contributed by atoms with Gasteiger partial charge in [-0.15, -0.1) is 0 Å². The summed E-state index contributed by atoms with van der Waals surface area (Å²) in [5.74, 6) is -0.802. The molecule has 0 bridgehead atoms. The molecule has 1 atom stereocenters. The maximum atomic E-state index is 13.6. The molecular formula is C26H23NO3. The highest BCUT2D eigenvalue weighted by Gasteiger charge is 2.53. The second-order valence-electron chi connectivity index (χ2n) is 7.53. The molecule has 1 amide bonds. The molecule has 1 unspecified atom stereocenters. The normalized spacial score (nSPS) is 18.4. The number of methoxy groups -OCH3 is 1. The van der Waals surface area contributed by atoms with Crippen LogP contribution in [0.3, 0.4) is 0 Å². The van der Waals surface area contributed by atoms with Gasteiger partial charge in [0.1, 0.15) is 5.41 Å². The van der Waals surface area contributed by atoms with Crippen molar-refractivity contribution in [2.24, 2.45) is 5.41 Å². The minimum absolute atomic E-state index is 0.256. The summed E-state index contributed by atoms with van der Waals surface area (Å²) >= 11 is 0. The number of allylic oxidation sites excluding steroid dienone is 1. The Hall–Kier alpha value is -3.66. The summed E-state index contributed by atoms with van der Waals surface area (Å²) in [6.45, 7) is 1.66. The van der Waals surface area contributed by atoms with E-state index in [0.29, 0.717) is 0 Å². The van der Waals surface area contributed by atoms with Crippen LogP contribution < -0.4 is 4.90 Å². The highest BCUT2D eigenvalue weighted by atomic mass is 16.5. The summed E-state index contributed by atoms with van der Waals surface area (Å²) in [7, 11) is 1.32. The Labute approximate surface area is 176 Å². The van der Waals surface area contributed by atoms with Crippen molar-refractivity contribution in [2.75, 3.05) is 12.0 Å². The van der Waals surface area contributed by atoms with Crippen LogP contribution >= 0.6 is 0 Å². The first-order valence-corrected chi connectivity index (χ1v) is 9.88. The van der Waals surface area contributed by atoms with Gasteiger partial charge in [-0.25, -0.2) is 0 Å². The number of rotatable bonds is 4. The van der Waals surface area contributed by atoms with E-state index in [9.17, 15) is 9.59 Å².